The molecular weight excluding hydrogens is 262 g/mol. The van der Waals surface area contributed by atoms with E-state index in [1.54, 1.807) is 6.92 Å². The van der Waals surface area contributed by atoms with E-state index in [0.29, 0.717) is 26.0 Å². The Morgan fingerprint density at radius 1 is 1.78 bits per heavy atom. The average Bonchev–Trinajstić information content (AvgIpc) is 2.42. The molecule has 1 aliphatic rings. The van der Waals surface area contributed by atoms with Crippen LogP contribution in [0.25, 0.3) is 0 Å². The van der Waals surface area contributed by atoms with Crippen LogP contribution < -0.4 is 5.73 Å². The molecule has 0 amide bonds. The molecule has 1 aliphatic heterocycles. The van der Waals surface area contributed by atoms with Crippen LogP contribution in [0.3, 0.4) is 0 Å². The maximum atomic E-state index is 10.6. The van der Waals surface area contributed by atoms with Crippen LogP contribution in [-0.2, 0) is 19.1 Å². The van der Waals surface area contributed by atoms with E-state index in [1.807, 2.05) is 0 Å². The van der Waals surface area contributed by atoms with Crippen molar-refractivity contribution in [1.82, 2.24) is 0 Å². The third-order valence-electron chi connectivity index (χ3n) is 1.32. The van der Waals surface area contributed by atoms with E-state index in [2.05, 4.69) is 9.47 Å². The zero-order valence-electron chi connectivity index (χ0n) is 14.3. The lowest BCUT2D eigenvalue weighted by atomic mass is 10.2. The summed E-state index contributed by atoms with van der Waals surface area (Å²) in [4.78, 5) is 21.0. The van der Waals surface area contributed by atoms with Crippen molar-refractivity contribution in [1.29, 1.82) is 0 Å². The van der Waals surface area contributed by atoms with Crippen molar-refractivity contribution < 1.29 is 29.7 Å². The lowest BCUT2D eigenvalue weighted by molar-refractivity contribution is -0.140. The molecule has 7 heteroatoms. The molecule has 18 heavy (non-hydrogen) atoms. The Hall–Kier alpha value is -0.690. The number of carbonyl (C=O) groups excluding carboxylic acids is 2. The van der Waals surface area contributed by atoms with E-state index < -0.39 is 24.1 Å². The maximum absolute atomic E-state index is 10.6. The molecule has 0 aliphatic carbocycles. The molecule has 0 bridgehead atoms. The molecule has 1 heterocycles. The van der Waals surface area contributed by atoms with E-state index in [4.69, 9.17) is 27.9 Å². The van der Waals surface area contributed by atoms with Crippen molar-refractivity contribution >= 4 is 23.4 Å². The van der Waals surface area contributed by atoms with Crippen LogP contribution in [-0.4, -0.2) is 55.6 Å². The number of esters is 1. The van der Waals surface area contributed by atoms with Gasteiger partial charge in [-0.25, -0.2) is 0 Å². The average molecular weight is 288 g/mol. The standard InChI is InChI=1S/C5H8O2.C4H7ClO2.C2H7NO/c6-5-2-1-3-7-4-5;1-2-7-4(6)3-5;3-1-2-4/h1-4H2;2-3H2,1H3;4H,1-3H2/i4D2;3D2;. The van der Waals surface area contributed by atoms with E-state index in [-0.39, 0.29) is 13.2 Å². The maximum Gasteiger partial charge on any atom is 0.320 e. The van der Waals surface area contributed by atoms with Crippen molar-refractivity contribution in [3.8, 4) is 0 Å². The molecule has 0 radical (unpaired) electrons. The molecule has 0 spiro atoms. The molecule has 3 N–H and O–H groups in total. The van der Waals surface area contributed by atoms with Gasteiger partial charge in [-0.05, 0) is 13.3 Å². The van der Waals surface area contributed by atoms with Gasteiger partial charge in [-0.15, -0.1) is 11.6 Å². The molecule has 1 rings (SSSR count). The minimum Gasteiger partial charge on any atom is -0.465 e. The fourth-order valence-corrected chi connectivity index (χ4v) is 0.700. The first-order valence-electron chi connectivity index (χ1n) is 7.37. The Kier molecular flexibility index (Phi) is 11.2. The number of nitrogens with two attached hydrogens (primary N) is 1. The van der Waals surface area contributed by atoms with Gasteiger partial charge in [0, 0.05) is 19.6 Å². The smallest absolute Gasteiger partial charge is 0.320 e. The van der Waals surface area contributed by atoms with Crippen LogP contribution in [0.2, 0.25) is 0 Å². The number of hydrogen-bond acceptors (Lipinski definition) is 6. The minimum atomic E-state index is -2.38. The molecular formula is C11H22ClNO5. The Balaban J connectivity index is 0. The van der Waals surface area contributed by atoms with Crippen molar-refractivity contribution in [3.63, 3.8) is 0 Å². The summed E-state index contributed by atoms with van der Waals surface area (Å²) in [5.41, 5.74) is 4.78. The minimum absolute atomic E-state index is 0.0972. The largest absolute Gasteiger partial charge is 0.465 e. The SMILES string of the molecule is NCCO.[2H]C([2H])(Cl)C(=O)OCC.[2H]C1([2H])OCCCC1=O. The van der Waals surface area contributed by atoms with Gasteiger partial charge in [0.05, 0.1) is 18.7 Å². The third kappa shape index (κ3) is 17.7. The van der Waals surface area contributed by atoms with E-state index in [9.17, 15) is 9.59 Å². The number of aliphatic hydroxyl groups excluding tert-OH is 1. The molecule has 0 aromatic rings. The lowest BCUT2D eigenvalue weighted by Crippen LogP contribution is -2.15. The molecule has 0 aromatic heterocycles. The number of ketones is 1. The Bertz CT molecular complexity index is 331. The lowest BCUT2D eigenvalue weighted by Gasteiger charge is -2.07. The summed E-state index contributed by atoms with van der Waals surface area (Å²) in [6.07, 6.45) is 0.964. The van der Waals surface area contributed by atoms with Crippen molar-refractivity contribution in [3.05, 3.63) is 0 Å². The summed E-state index contributed by atoms with van der Waals surface area (Å²) in [5.74, 6) is -3.85. The number of hydrogen-bond donors (Lipinski definition) is 2. The first-order chi connectivity index (χ1) is 10.0. The normalized spacial score (nSPS) is 20.6. The Morgan fingerprint density at radius 2 is 2.39 bits per heavy atom. The number of aliphatic hydroxyl groups is 1. The Labute approximate surface area is 118 Å². The highest BCUT2D eigenvalue weighted by Crippen LogP contribution is 1.98. The van der Waals surface area contributed by atoms with Crippen LogP contribution in [0.4, 0.5) is 0 Å². The first kappa shape index (κ1) is 12.3. The fraction of sp³-hybridized carbons (Fsp3) is 0.818. The van der Waals surface area contributed by atoms with Gasteiger partial charge < -0.3 is 20.3 Å². The molecule has 0 aromatic carbocycles. The van der Waals surface area contributed by atoms with E-state index >= 15 is 0 Å². The van der Waals surface area contributed by atoms with Gasteiger partial charge in [-0.2, -0.15) is 0 Å². The summed E-state index contributed by atoms with van der Waals surface area (Å²) in [5, 5.41) is 7.75. The number of rotatable bonds is 3. The zero-order valence-corrected chi connectivity index (χ0v) is 11.0. The van der Waals surface area contributed by atoms with Crippen LogP contribution in [0.1, 0.15) is 25.2 Å². The van der Waals surface area contributed by atoms with Crippen molar-refractivity contribution in [2.24, 2.45) is 5.73 Å². The molecule has 6 nitrogen and oxygen atoms in total. The highest BCUT2D eigenvalue weighted by molar-refractivity contribution is 6.26. The van der Waals surface area contributed by atoms with Crippen molar-refractivity contribution in [2.45, 2.75) is 19.8 Å². The first-order valence-corrected chi connectivity index (χ1v) is 5.75. The summed E-state index contributed by atoms with van der Waals surface area (Å²) in [6.45, 7) is 0.558. The zero-order chi connectivity index (χ0) is 17.8. The molecule has 0 atom stereocenters. The molecule has 1 saturated heterocycles. The van der Waals surface area contributed by atoms with Crippen LogP contribution in [0.5, 0.6) is 0 Å². The summed E-state index contributed by atoms with van der Waals surface area (Å²) >= 11 is 4.92. The highest BCUT2D eigenvalue weighted by Gasteiger charge is 2.06. The number of ether oxygens (including phenoxy) is 2. The monoisotopic (exact) mass is 287 g/mol. The van der Waals surface area contributed by atoms with Gasteiger partial charge in [-0.1, -0.05) is 0 Å². The van der Waals surface area contributed by atoms with Gasteiger partial charge in [0.1, 0.15) is 12.4 Å². The van der Waals surface area contributed by atoms with Crippen LogP contribution in [0.15, 0.2) is 0 Å². The second-order valence-corrected chi connectivity index (χ2v) is 2.99. The van der Waals surface area contributed by atoms with Crippen molar-refractivity contribution in [2.75, 3.05) is 38.8 Å². The number of halogens is 1. The van der Waals surface area contributed by atoms with Gasteiger partial charge in [0.25, 0.3) is 0 Å². The van der Waals surface area contributed by atoms with Gasteiger partial charge in [0.15, 0.2) is 5.78 Å². The summed E-state index contributed by atoms with van der Waals surface area (Å²) < 4.78 is 35.9. The summed E-state index contributed by atoms with van der Waals surface area (Å²) in [6, 6.07) is 0. The second-order valence-electron chi connectivity index (χ2n) is 2.80. The number of alkyl halides is 1. The van der Waals surface area contributed by atoms with Crippen LogP contribution in [0, 0.1) is 0 Å². The Morgan fingerprint density at radius 3 is 2.61 bits per heavy atom. The highest BCUT2D eigenvalue weighted by atomic mass is 35.5. The predicted molar refractivity (Wildman–Crippen MR) is 68.6 cm³/mol. The fourth-order valence-electron chi connectivity index (χ4n) is 0.646. The van der Waals surface area contributed by atoms with E-state index in [1.165, 1.54) is 0 Å². The van der Waals surface area contributed by atoms with Gasteiger partial charge in [0.2, 0.25) is 0 Å². The van der Waals surface area contributed by atoms with Crippen LogP contribution >= 0.6 is 11.6 Å². The number of Topliss-reactive ketones (excluding diaryl/α,β-unsaturated/α-hetero) is 1. The molecule has 0 unspecified atom stereocenters. The molecule has 108 valence electrons. The molecule has 0 saturated carbocycles. The van der Waals surface area contributed by atoms with Gasteiger partial charge in [-0.3, -0.25) is 9.59 Å². The number of carbonyl (C=O) groups is 2. The summed E-state index contributed by atoms with van der Waals surface area (Å²) in [7, 11) is 0. The predicted octanol–water partition coefficient (Wildman–Crippen LogP) is 0.0916. The van der Waals surface area contributed by atoms with E-state index in [0.717, 1.165) is 0 Å². The third-order valence-corrected chi connectivity index (χ3v) is 1.47. The van der Waals surface area contributed by atoms with Gasteiger partial charge >= 0.3 is 5.97 Å². The topological polar surface area (TPSA) is 98.8 Å². The second kappa shape index (κ2) is 16.3. The molecule has 1 fully saturated rings. The quantitative estimate of drug-likeness (QED) is 0.564.